The van der Waals surface area contributed by atoms with Crippen LogP contribution in [0, 0.1) is 0 Å². The number of rotatable bonds is 4. The van der Waals surface area contributed by atoms with Gasteiger partial charge in [0.2, 0.25) is 0 Å². The fourth-order valence-electron chi connectivity index (χ4n) is 1.59. The Morgan fingerprint density at radius 1 is 1.08 bits per heavy atom. The van der Waals surface area contributed by atoms with Crippen LogP contribution >= 0.6 is 9.24 Å². The van der Waals surface area contributed by atoms with Gasteiger partial charge in [0.15, 0.2) is 0 Å². The standard InChI is InChI=1S/C12H19P/c1-3-5-10-7-8-11(6-4-2)12(13)9-10/h7-9H,3-6,13H2,1-2H3. The average molecular weight is 194 g/mol. The highest BCUT2D eigenvalue weighted by Gasteiger charge is 1.98. The molecule has 0 heterocycles. The highest BCUT2D eigenvalue weighted by molar-refractivity contribution is 7.27. The minimum atomic E-state index is 1.20. The molecule has 0 aromatic heterocycles. The van der Waals surface area contributed by atoms with Crippen LogP contribution in [-0.4, -0.2) is 0 Å². The lowest BCUT2D eigenvalue weighted by Crippen LogP contribution is -2.02. The number of hydrogen-bond donors (Lipinski definition) is 0. The van der Waals surface area contributed by atoms with E-state index >= 15 is 0 Å². The molecule has 1 aromatic rings. The van der Waals surface area contributed by atoms with Crippen LogP contribution in [0.5, 0.6) is 0 Å². The van der Waals surface area contributed by atoms with Gasteiger partial charge in [-0.05, 0) is 29.3 Å². The third kappa shape index (κ3) is 3.12. The van der Waals surface area contributed by atoms with Crippen LogP contribution in [0.1, 0.15) is 37.8 Å². The first-order chi connectivity index (χ1) is 6.27. The molecule has 0 N–H and O–H groups in total. The van der Waals surface area contributed by atoms with E-state index in [4.69, 9.17) is 0 Å². The van der Waals surface area contributed by atoms with Crippen molar-refractivity contribution in [3.05, 3.63) is 29.3 Å². The molecule has 0 fully saturated rings. The van der Waals surface area contributed by atoms with Gasteiger partial charge in [0.25, 0.3) is 0 Å². The van der Waals surface area contributed by atoms with E-state index in [-0.39, 0.29) is 0 Å². The minimum absolute atomic E-state index is 1.20. The summed E-state index contributed by atoms with van der Waals surface area (Å²) in [5.74, 6) is 0. The predicted octanol–water partition coefficient (Wildman–Crippen LogP) is 3.09. The van der Waals surface area contributed by atoms with E-state index in [0.717, 1.165) is 0 Å². The molecule has 0 bridgehead atoms. The van der Waals surface area contributed by atoms with Gasteiger partial charge in [-0.3, -0.25) is 0 Å². The normalized spacial score (nSPS) is 10.4. The molecule has 0 aliphatic carbocycles. The summed E-state index contributed by atoms with van der Waals surface area (Å²) in [6, 6.07) is 6.85. The van der Waals surface area contributed by atoms with Gasteiger partial charge in [-0.15, -0.1) is 9.24 Å². The van der Waals surface area contributed by atoms with Crippen molar-refractivity contribution in [2.24, 2.45) is 0 Å². The summed E-state index contributed by atoms with van der Waals surface area (Å²) in [6.07, 6.45) is 4.87. The predicted molar refractivity (Wildman–Crippen MR) is 63.8 cm³/mol. The van der Waals surface area contributed by atoms with Crippen molar-refractivity contribution in [1.29, 1.82) is 0 Å². The zero-order valence-electron chi connectivity index (χ0n) is 8.64. The highest BCUT2D eigenvalue weighted by atomic mass is 31.0. The SMILES string of the molecule is CCCc1ccc(CCC)c(P)c1. The summed E-state index contributed by atoms with van der Waals surface area (Å²) in [5.41, 5.74) is 2.94. The molecule has 1 atom stereocenters. The molecule has 0 saturated carbocycles. The molecule has 1 unspecified atom stereocenters. The van der Waals surface area contributed by atoms with Gasteiger partial charge in [-0.2, -0.15) is 0 Å². The maximum absolute atomic E-state index is 2.84. The first kappa shape index (κ1) is 10.7. The summed E-state index contributed by atoms with van der Waals surface area (Å²) in [7, 11) is 2.84. The van der Waals surface area contributed by atoms with Gasteiger partial charge in [-0.1, -0.05) is 44.9 Å². The van der Waals surface area contributed by atoms with Crippen molar-refractivity contribution in [3.8, 4) is 0 Å². The van der Waals surface area contributed by atoms with E-state index in [0.29, 0.717) is 0 Å². The third-order valence-corrected chi connectivity index (χ3v) is 2.81. The molecule has 1 aromatic carbocycles. The van der Waals surface area contributed by atoms with E-state index in [1.165, 1.54) is 42.1 Å². The molecule has 0 amide bonds. The van der Waals surface area contributed by atoms with Gasteiger partial charge in [0.05, 0.1) is 0 Å². The molecule has 0 aliphatic rings. The largest absolute Gasteiger partial charge is 0.105 e. The summed E-state index contributed by atoms with van der Waals surface area (Å²) in [4.78, 5) is 0. The fraction of sp³-hybridized carbons (Fsp3) is 0.500. The molecule has 13 heavy (non-hydrogen) atoms. The van der Waals surface area contributed by atoms with Crippen molar-refractivity contribution < 1.29 is 0 Å². The summed E-state index contributed by atoms with van der Waals surface area (Å²) in [5, 5.41) is 1.38. The van der Waals surface area contributed by atoms with E-state index in [1.54, 1.807) is 0 Å². The van der Waals surface area contributed by atoms with E-state index < -0.39 is 0 Å². The molecular formula is C12H19P. The lowest BCUT2D eigenvalue weighted by atomic mass is 10.1. The number of benzene rings is 1. The fourth-order valence-corrected chi connectivity index (χ4v) is 2.04. The Morgan fingerprint density at radius 2 is 1.77 bits per heavy atom. The zero-order chi connectivity index (χ0) is 9.68. The van der Waals surface area contributed by atoms with Crippen molar-refractivity contribution in [3.63, 3.8) is 0 Å². The Balaban J connectivity index is 2.79. The average Bonchev–Trinajstić information content (AvgIpc) is 2.10. The summed E-state index contributed by atoms with van der Waals surface area (Å²) >= 11 is 0. The second-order valence-corrected chi connectivity index (χ2v) is 4.16. The van der Waals surface area contributed by atoms with Crippen LogP contribution in [0.15, 0.2) is 18.2 Å². The monoisotopic (exact) mass is 194 g/mol. The van der Waals surface area contributed by atoms with Crippen molar-refractivity contribution in [2.75, 3.05) is 0 Å². The summed E-state index contributed by atoms with van der Waals surface area (Å²) in [6.45, 7) is 4.45. The third-order valence-electron chi connectivity index (χ3n) is 2.27. The molecule has 0 aliphatic heterocycles. The maximum Gasteiger partial charge on any atom is -0.0268 e. The molecule has 72 valence electrons. The maximum atomic E-state index is 2.84. The van der Waals surface area contributed by atoms with Gasteiger partial charge in [0.1, 0.15) is 0 Å². The van der Waals surface area contributed by atoms with Crippen LogP contribution in [0.2, 0.25) is 0 Å². The Bertz CT molecular complexity index is 266. The van der Waals surface area contributed by atoms with Gasteiger partial charge in [-0.25, -0.2) is 0 Å². The van der Waals surface area contributed by atoms with Crippen molar-refractivity contribution >= 4 is 14.5 Å². The van der Waals surface area contributed by atoms with Crippen LogP contribution in [-0.2, 0) is 12.8 Å². The van der Waals surface area contributed by atoms with Gasteiger partial charge in [0, 0.05) is 0 Å². The topological polar surface area (TPSA) is 0 Å². The number of hydrogen-bond acceptors (Lipinski definition) is 0. The van der Waals surface area contributed by atoms with Crippen molar-refractivity contribution in [1.82, 2.24) is 0 Å². The quantitative estimate of drug-likeness (QED) is 0.646. The second-order valence-electron chi connectivity index (χ2n) is 3.53. The lowest BCUT2D eigenvalue weighted by Gasteiger charge is -2.06. The zero-order valence-corrected chi connectivity index (χ0v) is 9.79. The first-order valence-electron chi connectivity index (χ1n) is 5.15. The molecule has 1 rings (SSSR count). The van der Waals surface area contributed by atoms with E-state index in [2.05, 4.69) is 41.3 Å². The molecule has 0 radical (unpaired) electrons. The Labute approximate surface area is 84.0 Å². The van der Waals surface area contributed by atoms with Crippen LogP contribution in [0.4, 0.5) is 0 Å². The molecule has 1 heteroatoms. The van der Waals surface area contributed by atoms with Crippen LogP contribution in [0.3, 0.4) is 0 Å². The minimum Gasteiger partial charge on any atom is -0.105 e. The lowest BCUT2D eigenvalue weighted by molar-refractivity contribution is 0.909. The number of aryl methyl sites for hydroxylation is 2. The molecular weight excluding hydrogens is 175 g/mol. The first-order valence-corrected chi connectivity index (χ1v) is 5.73. The molecule has 0 saturated heterocycles. The van der Waals surface area contributed by atoms with Gasteiger partial charge >= 0.3 is 0 Å². The van der Waals surface area contributed by atoms with Crippen molar-refractivity contribution in [2.45, 2.75) is 39.5 Å². The Kier molecular flexibility index (Phi) is 4.45. The van der Waals surface area contributed by atoms with Crippen LogP contribution in [0.25, 0.3) is 0 Å². The second kappa shape index (κ2) is 5.40. The van der Waals surface area contributed by atoms with Crippen LogP contribution < -0.4 is 5.30 Å². The summed E-state index contributed by atoms with van der Waals surface area (Å²) < 4.78 is 0. The highest BCUT2D eigenvalue weighted by Crippen LogP contribution is 2.09. The molecule has 0 nitrogen and oxygen atoms in total. The van der Waals surface area contributed by atoms with E-state index in [9.17, 15) is 0 Å². The van der Waals surface area contributed by atoms with Gasteiger partial charge < -0.3 is 0 Å². The Morgan fingerprint density at radius 3 is 2.31 bits per heavy atom. The smallest absolute Gasteiger partial charge is 0.0268 e. The molecule has 0 spiro atoms. The van der Waals surface area contributed by atoms with E-state index in [1.807, 2.05) is 0 Å². The Hall–Kier alpha value is -0.350.